The van der Waals surface area contributed by atoms with Crippen LogP contribution < -0.4 is 5.32 Å². The standard InChI is InChI=1S/C20H23N5O5/c26-7-1-2-8-30-12-14-11-25(23-22-14)15-3-4-16-13(9-15)10-24(20(16)29)17-5-6-18(27)21-19(17)28/h3-4,9,11,17,26H,1-2,5-8,10,12H2,(H,21,27,28). The minimum atomic E-state index is -0.632. The van der Waals surface area contributed by atoms with Crippen molar-refractivity contribution in [1.29, 1.82) is 0 Å². The summed E-state index contributed by atoms with van der Waals surface area (Å²) < 4.78 is 7.13. The van der Waals surface area contributed by atoms with Gasteiger partial charge in [-0.05, 0) is 43.0 Å². The number of amides is 3. The van der Waals surface area contributed by atoms with E-state index in [1.807, 2.05) is 6.07 Å². The number of nitrogens with one attached hydrogen (secondary N) is 1. The van der Waals surface area contributed by atoms with Crippen molar-refractivity contribution in [3.63, 3.8) is 0 Å². The molecule has 3 amide bonds. The molecule has 2 aliphatic rings. The van der Waals surface area contributed by atoms with E-state index in [2.05, 4.69) is 15.6 Å². The molecule has 0 radical (unpaired) electrons. The summed E-state index contributed by atoms with van der Waals surface area (Å²) in [6.45, 7) is 1.34. The van der Waals surface area contributed by atoms with Gasteiger partial charge in [-0.25, -0.2) is 4.68 Å². The molecule has 2 aliphatic heterocycles. The number of aromatic nitrogens is 3. The van der Waals surface area contributed by atoms with Gasteiger partial charge in [0.1, 0.15) is 11.7 Å². The van der Waals surface area contributed by atoms with Gasteiger partial charge in [-0.3, -0.25) is 19.7 Å². The Balaban J connectivity index is 1.43. The highest BCUT2D eigenvalue weighted by Crippen LogP contribution is 2.29. The molecular formula is C20H23N5O5. The lowest BCUT2D eigenvalue weighted by Crippen LogP contribution is -2.52. The Morgan fingerprint density at radius 1 is 1.23 bits per heavy atom. The molecule has 2 N–H and O–H groups in total. The van der Waals surface area contributed by atoms with Crippen molar-refractivity contribution >= 4 is 17.7 Å². The first kappa shape index (κ1) is 20.2. The second kappa shape index (κ2) is 8.72. The van der Waals surface area contributed by atoms with Crippen LogP contribution in [0.5, 0.6) is 0 Å². The summed E-state index contributed by atoms with van der Waals surface area (Å²) in [6, 6.07) is 4.74. The van der Waals surface area contributed by atoms with Gasteiger partial charge in [0, 0.05) is 31.7 Å². The highest BCUT2D eigenvalue weighted by Gasteiger charge is 2.39. The summed E-state index contributed by atoms with van der Waals surface area (Å²) >= 11 is 0. The SMILES string of the molecule is O=C1CCC(N2Cc3cc(-n4cc(COCCCCO)nn4)ccc3C2=O)C(=O)N1. The molecular weight excluding hydrogens is 390 g/mol. The van der Waals surface area contributed by atoms with Crippen LogP contribution in [0, 0.1) is 0 Å². The molecule has 0 aliphatic carbocycles. The molecule has 1 unspecified atom stereocenters. The molecule has 30 heavy (non-hydrogen) atoms. The van der Waals surface area contributed by atoms with E-state index in [1.165, 1.54) is 4.90 Å². The zero-order valence-corrected chi connectivity index (χ0v) is 16.4. The number of fused-ring (bicyclic) bond motifs is 1. The topological polar surface area (TPSA) is 127 Å². The van der Waals surface area contributed by atoms with Crippen molar-refractivity contribution in [2.75, 3.05) is 13.2 Å². The molecule has 3 heterocycles. The highest BCUT2D eigenvalue weighted by atomic mass is 16.5. The lowest BCUT2D eigenvalue weighted by atomic mass is 10.0. The van der Waals surface area contributed by atoms with Crippen molar-refractivity contribution in [3.8, 4) is 5.69 Å². The average molecular weight is 413 g/mol. The van der Waals surface area contributed by atoms with E-state index in [0.717, 1.165) is 17.7 Å². The van der Waals surface area contributed by atoms with Crippen LogP contribution in [0.1, 0.15) is 47.3 Å². The van der Waals surface area contributed by atoms with Crippen LogP contribution in [0.15, 0.2) is 24.4 Å². The van der Waals surface area contributed by atoms with Gasteiger partial charge in [-0.1, -0.05) is 5.21 Å². The quantitative estimate of drug-likeness (QED) is 0.471. The number of benzene rings is 1. The van der Waals surface area contributed by atoms with Crippen molar-refractivity contribution < 1.29 is 24.2 Å². The van der Waals surface area contributed by atoms with Crippen LogP contribution in [-0.4, -0.2) is 62.0 Å². The summed E-state index contributed by atoms with van der Waals surface area (Å²) in [5.41, 5.74) is 2.79. The lowest BCUT2D eigenvalue weighted by Gasteiger charge is -2.29. The van der Waals surface area contributed by atoms with Gasteiger partial charge in [0.15, 0.2) is 0 Å². The maximum atomic E-state index is 12.8. The molecule has 0 bridgehead atoms. The molecule has 2 aromatic rings. The van der Waals surface area contributed by atoms with Crippen LogP contribution in [0.2, 0.25) is 0 Å². The average Bonchev–Trinajstić information content (AvgIpc) is 3.33. The highest BCUT2D eigenvalue weighted by molar-refractivity contribution is 6.05. The number of rotatable bonds is 8. The van der Waals surface area contributed by atoms with E-state index >= 15 is 0 Å². The third kappa shape index (κ3) is 4.10. The summed E-state index contributed by atoms with van der Waals surface area (Å²) in [6.07, 6.45) is 3.82. The third-order valence-electron chi connectivity index (χ3n) is 5.26. The van der Waals surface area contributed by atoms with E-state index in [-0.39, 0.29) is 24.8 Å². The van der Waals surface area contributed by atoms with Gasteiger partial charge < -0.3 is 14.7 Å². The molecule has 1 fully saturated rings. The van der Waals surface area contributed by atoms with Crippen molar-refractivity contribution in [2.24, 2.45) is 0 Å². The fraction of sp³-hybridized carbons (Fsp3) is 0.450. The predicted octanol–water partition coefficient (Wildman–Crippen LogP) is 0.317. The van der Waals surface area contributed by atoms with Crippen LogP contribution >= 0.6 is 0 Å². The summed E-state index contributed by atoms with van der Waals surface area (Å²) in [7, 11) is 0. The van der Waals surface area contributed by atoms with Gasteiger partial charge >= 0.3 is 0 Å². The number of imide groups is 1. The molecule has 1 aromatic heterocycles. The summed E-state index contributed by atoms with van der Waals surface area (Å²) in [5.74, 6) is -0.934. The van der Waals surface area contributed by atoms with Crippen molar-refractivity contribution in [2.45, 2.75) is 44.9 Å². The number of aliphatic hydroxyl groups excluding tert-OH is 1. The number of hydrogen-bond acceptors (Lipinski definition) is 7. The fourth-order valence-corrected chi connectivity index (χ4v) is 3.69. The predicted molar refractivity (Wildman–Crippen MR) is 103 cm³/mol. The number of nitrogens with zero attached hydrogens (tertiary/aromatic N) is 4. The minimum absolute atomic E-state index is 0.154. The van der Waals surface area contributed by atoms with E-state index in [0.29, 0.717) is 43.9 Å². The number of hydrogen-bond donors (Lipinski definition) is 2. The van der Waals surface area contributed by atoms with E-state index < -0.39 is 11.9 Å². The first-order chi connectivity index (χ1) is 14.6. The Labute approximate surface area is 172 Å². The maximum absolute atomic E-state index is 12.8. The number of aliphatic hydroxyl groups is 1. The molecule has 0 saturated carbocycles. The second-order valence-corrected chi connectivity index (χ2v) is 7.38. The number of ether oxygens (including phenoxy) is 1. The first-order valence-corrected chi connectivity index (χ1v) is 9.94. The van der Waals surface area contributed by atoms with Gasteiger partial charge in [-0.2, -0.15) is 0 Å². The van der Waals surface area contributed by atoms with Crippen LogP contribution in [0.4, 0.5) is 0 Å². The van der Waals surface area contributed by atoms with Gasteiger partial charge in [0.05, 0.1) is 18.5 Å². The molecule has 0 spiro atoms. The van der Waals surface area contributed by atoms with Crippen LogP contribution in [0.3, 0.4) is 0 Å². The molecule has 1 aromatic carbocycles. The molecule has 1 saturated heterocycles. The normalized spacial score (nSPS) is 18.6. The Morgan fingerprint density at radius 3 is 2.90 bits per heavy atom. The minimum Gasteiger partial charge on any atom is -0.396 e. The number of piperidine rings is 1. The molecule has 158 valence electrons. The molecule has 1 atom stereocenters. The van der Waals surface area contributed by atoms with Crippen LogP contribution in [-0.2, 0) is 27.5 Å². The Morgan fingerprint density at radius 2 is 2.10 bits per heavy atom. The Hall–Kier alpha value is -3.11. The Bertz CT molecular complexity index is 972. The summed E-state index contributed by atoms with van der Waals surface area (Å²) in [5, 5.41) is 19.3. The second-order valence-electron chi connectivity index (χ2n) is 7.38. The van der Waals surface area contributed by atoms with E-state index in [9.17, 15) is 14.4 Å². The van der Waals surface area contributed by atoms with Gasteiger partial charge in [-0.15, -0.1) is 5.10 Å². The summed E-state index contributed by atoms with van der Waals surface area (Å²) in [4.78, 5) is 37.8. The lowest BCUT2D eigenvalue weighted by molar-refractivity contribution is -0.136. The largest absolute Gasteiger partial charge is 0.396 e. The number of carbonyl (C=O) groups excluding carboxylic acids is 3. The fourth-order valence-electron chi connectivity index (χ4n) is 3.69. The smallest absolute Gasteiger partial charge is 0.255 e. The van der Waals surface area contributed by atoms with Gasteiger partial charge in [0.25, 0.3) is 5.91 Å². The molecule has 4 rings (SSSR count). The zero-order chi connectivity index (χ0) is 21.1. The van der Waals surface area contributed by atoms with E-state index in [1.54, 1.807) is 23.0 Å². The molecule has 10 nitrogen and oxygen atoms in total. The van der Waals surface area contributed by atoms with Crippen LogP contribution in [0.25, 0.3) is 5.69 Å². The first-order valence-electron chi connectivity index (χ1n) is 9.94. The van der Waals surface area contributed by atoms with Gasteiger partial charge in [0.2, 0.25) is 11.8 Å². The monoisotopic (exact) mass is 413 g/mol. The van der Waals surface area contributed by atoms with Crippen molar-refractivity contribution in [3.05, 3.63) is 41.2 Å². The Kier molecular flexibility index (Phi) is 5.86. The molecule has 10 heteroatoms. The zero-order valence-electron chi connectivity index (χ0n) is 16.4. The number of carbonyl (C=O) groups is 3. The van der Waals surface area contributed by atoms with Crippen molar-refractivity contribution in [1.82, 2.24) is 25.2 Å². The maximum Gasteiger partial charge on any atom is 0.255 e. The third-order valence-corrected chi connectivity index (χ3v) is 5.26. The van der Waals surface area contributed by atoms with E-state index in [4.69, 9.17) is 9.84 Å². The number of unbranched alkanes of at least 4 members (excludes halogenated alkanes) is 1.